The van der Waals surface area contributed by atoms with Gasteiger partial charge in [-0.1, -0.05) is 0 Å². The second-order valence-corrected chi connectivity index (χ2v) is 3.93. The molecular weight excluding hydrogens is 193 g/mol. The molecule has 3 nitrogen and oxygen atoms in total. The largest absolute Gasteiger partial charge is 0.382 e. The van der Waals surface area contributed by atoms with Gasteiger partial charge in [0.2, 0.25) is 0 Å². The minimum absolute atomic E-state index is 0.272. The molecule has 0 atom stereocenters. The Morgan fingerprint density at radius 1 is 1.47 bits per heavy atom. The van der Waals surface area contributed by atoms with Gasteiger partial charge in [0.1, 0.15) is 0 Å². The lowest BCUT2D eigenvalue weighted by Gasteiger charge is -2.23. The molecule has 1 aromatic rings. The molecule has 2 N–H and O–H groups in total. The Morgan fingerprint density at radius 2 is 2.27 bits per heavy atom. The fourth-order valence-electron chi connectivity index (χ4n) is 1.86. The highest BCUT2D eigenvalue weighted by Gasteiger charge is 2.12. The van der Waals surface area contributed by atoms with Crippen molar-refractivity contribution in [3.05, 3.63) is 24.3 Å². The van der Waals surface area contributed by atoms with E-state index in [0.717, 1.165) is 19.6 Å². The van der Waals surface area contributed by atoms with E-state index >= 15 is 0 Å². The molecule has 82 valence electrons. The van der Waals surface area contributed by atoms with Crippen LogP contribution in [0.5, 0.6) is 0 Å². The van der Waals surface area contributed by atoms with Crippen molar-refractivity contribution in [3.8, 4) is 0 Å². The van der Waals surface area contributed by atoms with Crippen molar-refractivity contribution in [2.24, 2.45) is 5.92 Å². The summed E-state index contributed by atoms with van der Waals surface area (Å²) in [6.07, 6.45) is 5.18. The molecule has 1 fully saturated rings. The predicted octanol–water partition coefficient (Wildman–Crippen LogP) is 1.63. The predicted molar refractivity (Wildman–Crippen MR) is 58.3 cm³/mol. The van der Waals surface area contributed by atoms with E-state index in [1.54, 1.807) is 12.3 Å². The summed E-state index contributed by atoms with van der Waals surface area (Å²) in [4.78, 5) is 3.71. The Kier molecular flexibility index (Phi) is 3.50. The van der Waals surface area contributed by atoms with Crippen LogP contribution in [0.3, 0.4) is 0 Å². The Labute approximate surface area is 89.1 Å². The third-order valence-corrected chi connectivity index (χ3v) is 2.81. The first-order valence-corrected chi connectivity index (χ1v) is 5.40. The Bertz CT molecular complexity index is 310. The van der Waals surface area contributed by atoms with E-state index in [-0.39, 0.29) is 5.82 Å². The van der Waals surface area contributed by atoms with E-state index in [9.17, 15) is 4.39 Å². The van der Waals surface area contributed by atoms with Crippen LogP contribution in [0.15, 0.2) is 18.5 Å². The fraction of sp³-hybridized carbons (Fsp3) is 0.545. The average Bonchev–Trinajstić information content (AvgIpc) is 2.29. The highest BCUT2D eigenvalue weighted by Crippen LogP contribution is 2.15. The zero-order valence-corrected chi connectivity index (χ0v) is 8.67. The Balaban J connectivity index is 1.84. The number of anilines is 1. The van der Waals surface area contributed by atoms with Crippen LogP contribution in [0.25, 0.3) is 0 Å². The molecule has 0 aromatic carbocycles. The molecule has 2 rings (SSSR count). The lowest BCUT2D eigenvalue weighted by molar-refractivity contribution is 0.389. The zero-order valence-electron chi connectivity index (χ0n) is 8.67. The Morgan fingerprint density at radius 3 is 3.00 bits per heavy atom. The molecule has 1 aliphatic heterocycles. The molecule has 15 heavy (non-hydrogen) atoms. The second kappa shape index (κ2) is 5.07. The summed E-state index contributed by atoms with van der Waals surface area (Å²) >= 11 is 0. The first kappa shape index (κ1) is 10.4. The van der Waals surface area contributed by atoms with Crippen LogP contribution >= 0.6 is 0 Å². The maximum absolute atomic E-state index is 13.2. The lowest BCUT2D eigenvalue weighted by Crippen LogP contribution is -2.31. The molecule has 4 heteroatoms. The van der Waals surface area contributed by atoms with E-state index in [1.807, 2.05) is 0 Å². The van der Waals surface area contributed by atoms with Gasteiger partial charge in [-0.25, -0.2) is 4.39 Å². The second-order valence-electron chi connectivity index (χ2n) is 3.93. The number of nitrogens with one attached hydrogen (secondary N) is 2. The smallest absolute Gasteiger partial charge is 0.164 e. The van der Waals surface area contributed by atoms with Gasteiger partial charge < -0.3 is 10.6 Å². The van der Waals surface area contributed by atoms with Crippen LogP contribution < -0.4 is 10.6 Å². The molecule has 0 bridgehead atoms. The summed E-state index contributed by atoms with van der Waals surface area (Å²) in [5, 5.41) is 6.45. The molecular formula is C11H16FN3. The summed E-state index contributed by atoms with van der Waals surface area (Å²) < 4.78 is 13.2. The highest BCUT2D eigenvalue weighted by molar-refractivity contribution is 5.42. The number of aromatic nitrogens is 1. The first-order valence-electron chi connectivity index (χ1n) is 5.40. The van der Waals surface area contributed by atoms with Crippen LogP contribution in [0.2, 0.25) is 0 Å². The van der Waals surface area contributed by atoms with E-state index < -0.39 is 0 Å². The van der Waals surface area contributed by atoms with Crippen LogP contribution in [0.1, 0.15) is 12.8 Å². The third kappa shape index (κ3) is 2.89. The number of hydrogen-bond donors (Lipinski definition) is 2. The summed E-state index contributed by atoms with van der Waals surface area (Å²) in [6.45, 7) is 3.00. The molecule has 1 aliphatic rings. The van der Waals surface area contributed by atoms with Crippen molar-refractivity contribution >= 4 is 5.69 Å². The van der Waals surface area contributed by atoms with E-state index in [2.05, 4.69) is 15.6 Å². The third-order valence-electron chi connectivity index (χ3n) is 2.81. The number of pyridine rings is 1. The van der Waals surface area contributed by atoms with Gasteiger partial charge >= 0.3 is 0 Å². The molecule has 0 spiro atoms. The lowest BCUT2D eigenvalue weighted by atomic mass is 9.98. The topological polar surface area (TPSA) is 37.0 Å². The highest BCUT2D eigenvalue weighted by atomic mass is 19.1. The summed E-state index contributed by atoms with van der Waals surface area (Å²) in [5.41, 5.74) is 0.559. The van der Waals surface area contributed by atoms with Crippen molar-refractivity contribution in [2.45, 2.75) is 12.8 Å². The van der Waals surface area contributed by atoms with Crippen molar-refractivity contribution in [1.29, 1.82) is 0 Å². The summed E-state index contributed by atoms with van der Waals surface area (Å²) in [7, 11) is 0. The SMILES string of the molecule is Fc1cnccc1NCC1CCNCC1. The number of nitrogens with zero attached hydrogens (tertiary/aromatic N) is 1. The number of hydrogen-bond acceptors (Lipinski definition) is 3. The van der Waals surface area contributed by atoms with Gasteiger partial charge in [0.15, 0.2) is 5.82 Å². The summed E-state index contributed by atoms with van der Waals surface area (Å²) in [6, 6.07) is 1.68. The molecule has 0 radical (unpaired) electrons. The maximum Gasteiger partial charge on any atom is 0.164 e. The maximum atomic E-state index is 13.2. The summed E-state index contributed by atoms with van der Waals surface area (Å²) in [5.74, 6) is 0.380. The van der Waals surface area contributed by atoms with E-state index in [1.165, 1.54) is 19.0 Å². The molecule has 1 aromatic heterocycles. The van der Waals surface area contributed by atoms with E-state index in [0.29, 0.717) is 11.6 Å². The van der Waals surface area contributed by atoms with Crippen LogP contribution in [-0.2, 0) is 0 Å². The van der Waals surface area contributed by atoms with Gasteiger partial charge in [-0.2, -0.15) is 0 Å². The number of halogens is 1. The van der Waals surface area contributed by atoms with Crippen molar-refractivity contribution < 1.29 is 4.39 Å². The Hall–Kier alpha value is -1.16. The first-order chi connectivity index (χ1) is 7.36. The van der Waals surface area contributed by atoms with Crippen molar-refractivity contribution in [3.63, 3.8) is 0 Å². The molecule has 2 heterocycles. The van der Waals surface area contributed by atoms with Crippen molar-refractivity contribution in [1.82, 2.24) is 10.3 Å². The molecule has 0 saturated carbocycles. The monoisotopic (exact) mass is 209 g/mol. The van der Waals surface area contributed by atoms with Gasteiger partial charge in [0, 0.05) is 12.7 Å². The molecule has 1 saturated heterocycles. The van der Waals surface area contributed by atoms with Gasteiger partial charge in [-0.05, 0) is 37.9 Å². The van der Waals surface area contributed by atoms with Crippen LogP contribution in [-0.4, -0.2) is 24.6 Å². The van der Waals surface area contributed by atoms with E-state index in [4.69, 9.17) is 0 Å². The minimum Gasteiger partial charge on any atom is -0.382 e. The molecule has 0 aliphatic carbocycles. The van der Waals surface area contributed by atoms with Gasteiger partial charge in [0.05, 0.1) is 11.9 Å². The van der Waals surface area contributed by atoms with Crippen LogP contribution in [0.4, 0.5) is 10.1 Å². The van der Waals surface area contributed by atoms with Crippen LogP contribution in [0, 0.1) is 11.7 Å². The minimum atomic E-state index is -0.272. The number of piperidine rings is 1. The van der Waals surface area contributed by atoms with Gasteiger partial charge in [0.25, 0.3) is 0 Å². The standard InChI is InChI=1S/C11H16FN3/c12-10-8-14-6-3-11(10)15-7-9-1-4-13-5-2-9/h3,6,8-9,13H,1-2,4-5,7H2,(H,14,15). The molecule has 0 amide bonds. The van der Waals surface area contributed by atoms with Crippen molar-refractivity contribution in [2.75, 3.05) is 25.0 Å². The number of rotatable bonds is 3. The average molecular weight is 209 g/mol. The molecule has 0 unspecified atom stereocenters. The zero-order chi connectivity index (χ0) is 10.5. The normalized spacial score (nSPS) is 17.7. The fourth-order valence-corrected chi connectivity index (χ4v) is 1.86. The van der Waals surface area contributed by atoms with Gasteiger partial charge in [-0.15, -0.1) is 0 Å². The quantitative estimate of drug-likeness (QED) is 0.794. The van der Waals surface area contributed by atoms with Gasteiger partial charge in [-0.3, -0.25) is 4.98 Å².